The lowest BCUT2D eigenvalue weighted by Crippen LogP contribution is -2.61. The number of nitrogens with zero attached hydrogens (tertiary/aromatic N) is 2. The highest BCUT2D eigenvalue weighted by Crippen LogP contribution is 2.36. The Balaban J connectivity index is 1.35. The first kappa shape index (κ1) is 19.2. The van der Waals surface area contributed by atoms with E-state index in [1.54, 1.807) is 11.3 Å². The van der Waals surface area contributed by atoms with Gasteiger partial charge in [-0.1, -0.05) is 42.5 Å². The van der Waals surface area contributed by atoms with E-state index in [4.69, 9.17) is 0 Å². The predicted octanol–water partition coefficient (Wildman–Crippen LogP) is 3.97. The lowest BCUT2D eigenvalue weighted by atomic mass is 9.83. The van der Waals surface area contributed by atoms with Crippen LogP contribution in [-0.4, -0.2) is 38.1 Å². The molecule has 4 nitrogen and oxygen atoms in total. The second-order valence-electron chi connectivity index (χ2n) is 8.10. The second-order valence-corrected chi connectivity index (χ2v) is 9.13. The fourth-order valence-corrected chi connectivity index (χ4v) is 5.53. The van der Waals surface area contributed by atoms with Crippen LogP contribution in [0.5, 0.6) is 0 Å². The maximum absolute atomic E-state index is 13.3. The summed E-state index contributed by atoms with van der Waals surface area (Å²) in [5.41, 5.74) is 3.84. The number of fused-ring (bicyclic) bond motifs is 3. The molecule has 2 aliphatic heterocycles. The molecule has 2 aromatic carbocycles. The minimum Gasteiger partial charge on any atom is -0.368 e. The Morgan fingerprint density at radius 3 is 2.67 bits per heavy atom. The smallest absolute Gasteiger partial charge is 0.225 e. The van der Waals surface area contributed by atoms with Crippen molar-refractivity contribution in [2.24, 2.45) is 5.92 Å². The van der Waals surface area contributed by atoms with Crippen molar-refractivity contribution in [2.75, 3.05) is 36.0 Å². The topological polar surface area (TPSA) is 35.6 Å². The van der Waals surface area contributed by atoms with E-state index >= 15 is 0 Å². The lowest BCUT2D eigenvalue weighted by molar-refractivity contribution is -0.125. The molecule has 0 aliphatic carbocycles. The van der Waals surface area contributed by atoms with Crippen molar-refractivity contribution >= 4 is 28.6 Å². The maximum Gasteiger partial charge on any atom is 0.225 e. The summed E-state index contributed by atoms with van der Waals surface area (Å²) in [5.74, 6) is 0.153. The van der Waals surface area contributed by atoms with Gasteiger partial charge in [0, 0.05) is 42.4 Å². The summed E-state index contributed by atoms with van der Waals surface area (Å²) in [5, 5.41) is 5.32. The Labute approximate surface area is 182 Å². The zero-order chi connectivity index (χ0) is 20.3. The molecule has 2 atom stereocenters. The van der Waals surface area contributed by atoms with Gasteiger partial charge in [-0.3, -0.25) is 4.79 Å². The van der Waals surface area contributed by atoms with Gasteiger partial charge in [0.25, 0.3) is 0 Å². The first-order valence-electron chi connectivity index (χ1n) is 10.7. The van der Waals surface area contributed by atoms with Crippen molar-refractivity contribution in [3.05, 3.63) is 82.6 Å². The van der Waals surface area contributed by atoms with Gasteiger partial charge in [-0.25, -0.2) is 0 Å². The van der Waals surface area contributed by atoms with Crippen molar-refractivity contribution in [2.45, 2.75) is 18.9 Å². The monoisotopic (exact) mass is 417 g/mol. The molecule has 2 aliphatic rings. The van der Waals surface area contributed by atoms with E-state index in [9.17, 15) is 4.79 Å². The average Bonchev–Trinajstić information content (AvgIpc) is 3.32. The van der Waals surface area contributed by atoms with E-state index in [-0.39, 0.29) is 17.9 Å². The quantitative estimate of drug-likeness (QED) is 0.682. The Bertz CT molecular complexity index is 989. The third-order valence-electron chi connectivity index (χ3n) is 6.33. The second kappa shape index (κ2) is 8.52. The summed E-state index contributed by atoms with van der Waals surface area (Å²) >= 11 is 1.75. The molecule has 154 valence electrons. The molecular formula is C25H27N3OS. The minimum atomic E-state index is -0.0326. The molecule has 0 saturated carbocycles. The molecule has 0 spiro atoms. The Morgan fingerprint density at radius 2 is 1.83 bits per heavy atom. The largest absolute Gasteiger partial charge is 0.368 e. The molecule has 1 aromatic heterocycles. The van der Waals surface area contributed by atoms with Crippen LogP contribution in [0.2, 0.25) is 0 Å². The van der Waals surface area contributed by atoms with E-state index in [0.717, 1.165) is 32.5 Å². The Kier molecular flexibility index (Phi) is 5.45. The normalized spacial score (nSPS) is 20.4. The number of carbonyl (C=O) groups excluding carboxylic acids is 1. The average molecular weight is 418 g/mol. The fraction of sp³-hybridized carbons (Fsp3) is 0.320. The van der Waals surface area contributed by atoms with Crippen LogP contribution >= 0.6 is 11.3 Å². The number of piperazine rings is 1. The first-order chi connectivity index (χ1) is 14.8. The number of nitrogens with one attached hydrogen (secondary N) is 1. The van der Waals surface area contributed by atoms with Gasteiger partial charge < -0.3 is 15.1 Å². The van der Waals surface area contributed by atoms with Crippen LogP contribution in [0.15, 0.2) is 72.1 Å². The molecule has 3 heterocycles. The lowest BCUT2D eigenvalue weighted by Gasteiger charge is -2.49. The molecule has 30 heavy (non-hydrogen) atoms. The number of anilines is 2. The van der Waals surface area contributed by atoms with Crippen LogP contribution in [0.1, 0.15) is 10.4 Å². The van der Waals surface area contributed by atoms with E-state index in [0.29, 0.717) is 6.54 Å². The summed E-state index contributed by atoms with van der Waals surface area (Å²) in [6, 6.07) is 23.6. The summed E-state index contributed by atoms with van der Waals surface area (Å²) in [6.45, 7) is 3.49. The van der Waals surface area contributed by atoms with Gasteiger partial charge in [0.05, 0.1) is 12.0 Å². The number of hydrogen-bond acceptors (Lipinski definition) is 4. The van der Waals surface area contributed by atoms with Crippen LogP contribution in [0.3, 0.4) is 0 Å². The molecule has 1 fully saturated rings. The molecule has 0 bridgehead atoms. The predicted molar refractivity (Wildman–Crippen MR) is 124 cm³/mol. The van der Waals surface area contributed by atoms with Gasteiger partial charge in [0.2, 0.25) is 5.91 Å². The van der Waals surface area contributed by atoms with E-state index in [1.165, 1.54) is 21.8 Å². The highest BCUT2D eigenvalue weighted by atomic mass is 32.1. The molecule has 5 heteroatoms. The molecular weight excluding hydrogens is 390 g/mol. The molecule has 1 amide bonds. The molecule has 3 aromatic rings. The van der Waals surface area contributed by atoms with Crippen molar-refractivity contribution in [3.63, 3.8) is 0 Å². The van der Waals surface area contributed by atoms with E-state index in [1.807, 2.05) is 0 Å². The SMILES string of the molecule is O=C(NCCc1cccs1)[C@H]1Cc2ccccc2N2CCN(c3ccccc3)C[C@@H]12. The van der Waals surface area contributed by atoms with Crippen LogP contribution in [0, 0.1) is 5.92 Å². The van der Waals surface area contributed by atoms with E-state index in [2.05, 4.69) is 87.2 Å². The van der Waals surface area contributed by atoms with Gasteiger partial charge in [-0.15, -0.1) is 11.3 Å². The summed E-state index contributed by atoms with van der Waals surface area (Å²) in [6.07, 6.45) is 1.71. The van der Waals surface area contributed by atoms with Gasteiger partial charge >= 0.3 is 0 Å². The zero-order valence-electron chi connectivity index (χ0n) is 17.0. The van der Waals surface area contributed by atoms with Crippen LogP contribution in [-0.2, 0) is 17.6 Å². The number of carbonyl (C=O) groups is 1. The number of thiophene rings is 1. The minimum absolute atomic E-state index is 0.0326. The first-order valence-corrected chi connectivity index (χ1v) is 11.6. The summed E-state index contributed by atoms with van der Waals surface area (Å²) < 4.78 is 0. The molecule has 5 rings (SSSR count). The van der Waals surface area contributed by atoms with Gasteiger partial charge in [-0.2, -0.15) is 0 Å². The van der Waals surface area contributed by atoms with Crippen LogP contribution in [0.4, 0.5) is 11.4 Å². The Hall–Kier alpha value is -2.79. The summed E-state index contributed by atoms with van der Waals surface area (Å²) in [7, 11) is 0. The third-order valence-corrected chi connectivity index (χ3v) is 7.27. The Morgan fingerprint density at radius 1 is 1.00 bits per heavy atom. The van der Waals surface area contributed by atoms with Crippen molar-refractivity contribution < 1.29 is 4.79 Å². The van der Waals surface area contributed by atoms with E-state index < -0.39 is 0 Å². The van der Waals surface area contributed by atoms with Crippen molar-refractivity contribution in [3.8, 4) is 0 Å². The van der Waals surface area contributed by atoms with Gasteiger partial charge in [0.15, 0.2) is 0 Å². The van der Waals surface area contributed by atoms with Crippen molar-refractivity contribution in [1.82, 2.24) is 5.32 Å². The number of hydrogen-bond donors (Lipinski definition) is 1. The van der Waals surface area contributed by atoms with Gasteiger partial charge in [0.1, 0.15) is 0 Å². The molecule has 0 unspecified atom stereocenters. The fourth-order valence-electron chi connectivity index (χ4n) is 4.83. The zero-order valence-corrected chi connectivity index (χ0v) is 17.9. The standard InChI is InChI=1S/C25H27N3OS/c29-25(26-13-12-21-10-6-16-30-21)22-17-19-7-4-5-11-23(19)28-15-14-27(18-24(22)28)20-8-2-1-3-9-20/h1-11,16,22,24H,12-15,17-18H2,(H,26,29)/t22-,24-/m0/s1. The molecule has 0 radical (unpaired) electrons. The highest BCUT2D eigenvalue weighted by Gasteiger charge is 2.41. The third kappa shape index (κ3) is 3.82. The maximum atomic E-state index is 13.3. The molecule has 1 N–H and O–H groups in total. The number of amides is 1. The number of para-hydroxylation sites is 2. The van der Waals surface area contributed by atoms with Crippen LogP contribution < -0.4 is 15.1 Å². The molecule has 1 saturated heterocycles. The van der Waals surface area contributed by atoms with Gasteiger partial charge in [-0.05, 0) is 48.1 Å². The number of benzene rings is 2. The number of rotatable bonds is 5. The van der Waals surface area contributed by atoms with Crippen LogP contribution in [0.25, 0.3) is 0 Å². The summed E-state index contributed by atoms with van der Waals surface area (Å²) in [4.78, 5) is 19.5. The highest BCUT2D eigenvalue weighted by molar-refractivity contribution is 7.09. The van der Waals surface area contributed by atoms with Crippen molar-refractivity contribution in [1.29, 1.82) is 0 Å².